The summed E-state index contributed by atoms with van der Waals surface area (Å²) in [5, 5.41) is 11.9. The van der Waals surface area contributed by atoms with Gasteiger partial charge >= 0.3 is 0 Å². The number of hydrogen-bond donors (Lipinski definition) is 1. The maximum Gasteiger partial charge on any atom is 0.299 e. The zero-order chi connectivity index (χ0) is 21.1. The topological polar surface area (TPSA) is 93.6 Å². The fourth-order valence-electron chi connectivity index (χ4n) is 2.90. The van der Waals surface area contributed by atoms with Gasteiger partial charge in [-0.2, -0.15) is 0 Å². The van der Waals surface area contributed by atoms with Gasteiger partial charge in [-0.3, -0.25) is 19.6 Å². The molecule has 0 radical (unpaired) electrons. The first kappa shape index (κ1) is 19.5. The highest BCUT2D eigenvalue weighted by Gasteiger charge is 2.16. The van der Waals surface area contributed by atoms with Crippen molar-refractivity contribution in [3.8, 4) is 5.69 Å². The summed E-state index contributed by atoms with van der Waals surface area (Å²) in [5.41, 5.74) is 1.97. The molecule has 2 aromatic heterocycles. The minimum atomic E-state index is -0.257. The Hall–Kier alpha value is -3.85. The van der Waals surface area contributed by atoms with Gasteiger partial charge in [0.1, 0.15) is 0 Å². The fraction of sp³-hybridized carbons (Fsp3) is 0.0952. The number of anilines is 1. The number of azo groups is 1. The third-order valence-electron chi connectivity index (χ3n) is 4.52. The minimum absolute atomic E-state index is 0.252. The molecular formula is C21H18N6O2S. The molecule has 0 aliphatic rings. The number of aromatic nitrogens is 3. The Labute approximate surface area is 176 Å². The predicted octanol–water partition coefficient (Wildman–Crippen LogP) is 4.61. The van der Waals surface area contributed by atoms with Gasteiger partial charge in [-0.1, -0.05) is 47.7 Å². The highest BCUT2D eigenvalue weighted by Crippen LogP contribution is 2.28. The molecule has 0 unspecified atom stereocenters. The summed E-state index contributed by atoms with van der Waals surface area (Å²) in [6.07, 6.45) is 1.50. The maximum atomic E-state index is 12.9. The van der Waals surface area contributed by atoms with E-state index >= 15 is 0 Å². The van der Waals surface area contributed by atoms with Gasteiger partial charge in [0.25, 0.3) is 11.5 Å². The van der Waals surface area contributed by atoms with Crippen molar-refractivity contribution in [1.82, 2.24) is 14.3 Å². The highest BCUT2D eigenvalue weighted by atomic mass is 32.1. The number of para-hydroxylation sites is 1. The van der Waals surface area contributed by atoms with Crippen LogP contribution in [0.4, 0.5) is 15.8 Å². The third-order valence-corrected chi connectivity index (χ3v) is 5.32. The van der Waals surface area contributed by atoms with E-state index in [0.29, 0.717) is 21.4 Å². The summed E-state index contributed by atoms with van der Waals surface area (Å²) in [4.78, 5) is 29.2. The van der Waals surface area contributed by atoms with Crippen LogP contribution in [-0.4, -0.2) is 20.3 Å². The van der Waals surface area contributed by atoms with Crippen LogP contribution in [0.3, 0.4) is 0 Å². The van der Waals surface area contributed by atoms with Crippen LogP contribution in [0.2, 0.25) is 0 Å². The van der Waals surface area contributed by atoms with Crippen molar-refractivity contribution < 1.29 is 4.79 Å². The molecule has 0 atom stereocenters. The standard InChI is InChI=1S/C21H18N6O2S/c1-14-18(20(29)27(26(14)2)16-11-7-4-8-12-16)25-24-17-13-22-21(30-17)23-19(28)15-9-5-3-6-10-15/h3-13H,1-2H3,(H,22,23,28). The lowest BCUT2D eigenvalue weighted by Crippen LogP contribution is -2.19. The number of hydrogen-bond acceptors (Lipinski definition) is 6. The maximum absolute atomic E-state index is 12.9. The number of nitrogens with one attached hydrogen (secondary N) is 1. The Morgan fingerprint density at radius 3 is 2.40 bits per heavy atom. The molecule has 0 saturated heterocycles. The zero-order valence-electron chi connectivity index (χ0n) is 16.3. The Kier molecular flexibility index (Phi) is 5.36. The molecule has 2 heterocycles. The van der Waals surface area contributed by atoms with E-state index < -0.39 is 0 Å². The molecule has 150 valence electrons. The summed E-state index contributed by atoms with van der Waals surface area (Å²) in [7, 11) is 1.80. The van der Waals surface area contributed by atoms with Crippen LogP contribution in [0.15, 0.2) is 81.9 Å². The molecule has 8 nitrogen and oxygen atoms in total. The second-order valence-electron chi connectivity index (χ2n) is 6.43. The van der Waals surface area contributed by atoms with E-state index in [1.807, 2.05) is 43.3 Å². The molecule has 0 bridgehead atoms. The van der Waals surface area contributed by atoms with E-state index in [9.17, 15) is 9.59 Å². The monoisotopic (exact) mass is 418 g/mol. The lowest BCUT2D eigenvalue weighted by atomic mass is 10.2. The molecule has 4 rings (SSSR count). The number of benzene rings is 2. The van der Waals surface area contributed by atoms with Crippen LogP contribution in [0.5, 0.6) is 0 Å². The SMILES string of the molecule is Cc1c(N=Nc2cnc(NC(=O)c3ccccc3)s2)c(=O)n(-c2ccccc2)n1C. The lowest BCUT2D eigenvalue weighted by molar-refractivity contribution is 0.102. The molecule has 0 aliphatic heterocycles. The first-order chi connectivity index (χ1) is 14.5. The third kappa shape index (κ3) is 3.83. The average molecular weight is 418 g/mol. The van der Waals surface area contributed by atoms with Crippen molar-refractivity contribution in [2.45, 2.75) is 6.92 Å². The quantitative estimate of drug-likeness (QED) is 0.480. The van der Waals surface area contributed by atoms with E-state index in [2.05, 4.69) is 20.5 Å². The van der Waals surface area contributed by atoms with Crippen LogP contribution in [0.1, 0.15) is 16.1 Å². The van der Waals surface area contributed by atoms with E-state index in [0.717, 1.165) is 5.69 Å². The zero-order valence-corrected chi connectivity index (χ0v) is 17.1. The van der Waals surface area contributed by atoms with Gasteiger partial charge < -0.3 is 0 Å². The summed E-state index contributed by atoms with van der Waals surface area (Å²) in [6, 6.07) is 18.2. The Balaban J connectivity index is 1.55. The number of rotatable bonds is 5. The second kappa shape index (κ2) is 8.26. The molecule has 30 heavy (non-hydrogen) atoms. The van der Waals surface area contributed by atoms with Crippen molar-refractivity contribution in [2.24, 2.45) is 17.3 Å². The lowest BCUT2D eigenvalue weighted by Gasteiger charge is -2.07. The van der Waals surface area contributed by atoms with Gasteiger partial charge in [-0.25, -0.2) is 9.67 Å². The van der Waals surface area contributed by atoms with Crippen molar-refractivity contribution in [2.75, 3.05) is 5.32 Å². The first-order valence-electron chi connectivity index (χ1n) is 9.12. The van der Waals surface area contributed by atoms with E-state index in [1.54, 1.807) is 40.7 Å². The molecular weight excluding hydrogens is 400 g/mol. The molecule has 0 saturated carbocycles. The highest BCUT2D eigenvalue weighted by molar-refractivity contribution is 7.19. The van der Waals surface area contributed by atoms with Crippen LogP contribution < -0.4 is 10.9 Å². The molecule has 4 aromatic rings. The van der Waals surface area contributed by atoms with Gasteiger partial charge in [0.15, 0.2) is 15.8 Å². The van der Waals surface area contributed by atoms with Crippen molar-refractivity contribution in [3.05, 3.63) is 88.5 Å². The van der Waals surface area contributed by atoms with Gasteiger partial charge in [0, 0.05) is 12.6 Å². The number of nitrogens with zero attached hydrogens (tertiary/aromatic N) is 5. The van der Waals surface area contributed by atoms with Gasteiger partial charge in [-0.05, 0) is 31.2 Å². The van der Waals surface area contributed by atoms with Crippen LogP contribution in [-0.2, 0) is 7.05 Å². The van der Waals surface area contributed by atoms with Crippen molar-refractivity contribution >= 4 is 33.1 Å². The molecule has 0 aliphatic carbocycles. The van der Waals surface area contributed by atoms with Crippen LogP contribution in [0.25, 0.3) is 5.69 Å². The van der Waals surface area contributed by atoms with Gasteiger partial charge in [-0.15, -0.1) is 10.2 Å². The van der Waals surface area contributed by atoms with Gasteiger partial charge in [0.2, 0.25) is 0 Å². The minimum Gasteiger partial charge on any atom is -0.298 e. The Morgan fingerprint density at radius 1 is 1.03 bits per heavy atom. The van der Waals surface area contributed by atoms with E-state index in [4.69, 9.17) is 0 Å². The molecule has 2 aromatic carbocycles. The molecule has 1 amide bonds. The summed E-state index contributed by atoms with van der Waals surface area (Å²) < 4.78 is 3.28. The van der Waals surface area contributed by atoms with Crippen LogP contribution in [0, 0.1) is 6.92 Å². The van der Waals surface area contributed by atoms with Crippen molar-refractivity contribution in [3.63, 3.8) is 0 Å². The Bertz CT molecular complexity index is 1270. The van der Waals surface area contributed by atoms with E-state index in [1.165, 1.54) is 17.5 Å². The van der Waals surface area contributed by atoms with Crippen molar-refractivity contribution in [1.29, 1.82) is 0 Å². The number of thiazole rings is 1. The average Bonchev–Trinajstić information content (AvgIpc) is 3.30. The normalized spacial score (nSPS) is 11.1. The molecule has 0 fully saturated rings. The molecule has 1 N–H and O–H groups in total. The summed E-state index contributed by atoms with van der Waals surface area (Å²) >= 11 is 1.18. The number of carbonyl (C=O) groups is 1. The second-order valence-corrected chi connectivity index (χ2v) is 7.44. The molecule has 9 heteroatoms. The number of amides is 1. The van der Waals surface area contributed by atoms with E-state index in [-0.39, 0.29) is 17.2 Å². The first-order valence-corrected chi connectivity index (χ1v) is 9.94. The fourth-order valence-corrected chi connectivity index (χ4v) is 3.53. The summed E-state index contributed by atoms with van der Waals surface area (Å²) in [6.45, 7) is 1.81. The summed E-state index contributed by atoms with van der Waals surface area (Å²) in [5.74, 6) is -0.252. The molecule has 0 spiro atoms. The van der Waals surface area contributed by atoms with Gasteiger partial charge in [0.05, 0.1) is 17.6 Å². The predicted molar refractivity (Wildman–Crippen MR) is 116 cm³/mol. The Morgan fingerprint density at radius 2 is 1.70 bits per heavy atom. The van der Waals surface area contributed by atoms with Crippen LogP contribution >= 0.6 is 11.3 Å². The number of carbonyl (C=O) groups excluding carboxylic acids is 1. The smallest absolute Gasteiger partial charge is 0.298 e. The largest absolute Gasteiger partial charge is 0.299 e.